The minimum Gasteiger partial charge on any atom is -0.393 e. The van der Waals surface area contributed by atoms with Crippen LogP contribution in [0.4, 0.5) is 0 Å². The Balaban J connectivity index is 2.67. The van der Waals surface area contributed by atoms with Crippen LogP contribution in [0.1, 0.15) is 65.2 Å². The number of aliphatic hydroxyl groups is 1. The Labute approximate surface area is 101 Å². The van der Waals surface area contributed by atoms with Gasteiger partial charge in [-0.15, -0.1) is 0 Å². The van der Waals surface area contributed by atoms with Crippen molar-refractivity contribution in [3.05, 3.63) is 0 Å². The molecule has 1 saturated carbocycles. The molecule has 0 aromatic carbocycles. The minimum absolute atomic E-state index is 0.0661. The van der Waals surface area contributed by atoms with Crippen molar-refractivity contribution < 1.29 is 5.11 Å². The van der Waals surface area contributed by atoms with Crippen molar-refractivity contribution in [2.75, 3.05) is 6.54 Å². The van der Waals surface area contributed by atoms with Crippen LogP contribution in [0.15, 0.2) is 0 Å². The van der Waals surface area contributed by atoms with Gasteiger partial charge in [-0.25, -0.2) is 0 Å². The maximum absolute atomic E-state index is 9.64. The van der Waals surface area contributed by atoms with Gasteiger partial charge >= 0.3 is 0 Å². The van der Waals surface area contributed by atoms with Crippen molar-refractivity contribution in [1.82, 2.24) is 0 Å². The number of rotatable bonds is 6. The summed E-state index contributed by atoms with van der Waals surface area (Å²) in [7, 11) is 0. The molecule has 1 aliphatic rings. The van der Waals surface area contributed by atoms with E-state index < -0.39 is 0 Å². The maximum atomic E-state index is 9.64. The lowest BCUT2D eigenvalue weighted by Crippen LogP contribution is -2.42. The highest BCUT2D eigenvalue weighted by Crippen LogP contribution is 2.45. The van der Waals surface area contributed by atoms with E-state index in [1.807, 2.05) is 0 Å². The van der Waals surface area contributed by atoms with Crippen LogP contribution in [0.3, 0.4) is 0 Å². The molecule has 1 rings (SSSR count). The molecule has 0 radical (unpaired) electrons. The summed E-state index contributed by atoms with van der Waals surface area (Å²) < 4.78 is 0. The van der Waals surface area contributed by atoms with Gasteiger partial charge in [0.2, 0.25) is 0 Å². The van der Waals surface area contributed by atoms with E-state index in [0.29, 0.717) is 5.41 Å². The monoisotopic (exact) mass is 227 g/mol. The van der Waals surface area contributed by atoms with Crippen LogP contribution in [-0.2, 0) is 0 Å². The fourth-order valence-electron chi connectivity index (χ4n) is 3.41. The Morgan fingerprint density at radius 3 is 2.06 bits per heavy atom. The molecule has 0 heterocycles. The molecule has 1 aliphatic carbocycles. The molecule has 2 nitrogen and oxygen atoms in total. The van der Waals surface area contributed by atoms with Crippen molar-refractivity contribution >= 4 is 0 Å². The zero-order valence-electron chi connectivity index (χ0n) is 11.0. The lowest BCUT2D eigenvalue weighted by Gasteiger charge is -2.44. The molecule has 0 aromatic rings. The van der Waals surface area contributed by atoms with Gasteiger partial charge in [0.15, 0.2) is 0 Å². The number of aliphatic hydroxyl groups excluding tert-OH is 1. The van der Waals surface area contributed by atoms with Gasteiger partial charge in [0.1, 0.15) is 0 Å². The maximum Gasteiger partial charge on any atom is 0.0540 e. The summed E-state index contributed by atoms with van der Waals surface area (Å²) in [6, 6.07) is 0. The van der Waals surface area contributed by atoms with E-state index >= 15 is 0 Å². The van der Waals surface area contributed by atoms with Crippen LogP contribution < -0.4 is 5.73 Å². The quantitative estimate of drug-likeness (QED) is 0.732. The Hall–Kier alpha value is -0.0800. The Kier molecular flexibility index (Phi) is 5.77. The van der Waals surface area contributed by atoms with Crippen molar-refractivity contribution in [3.63, 3.8) is 0 Å². The van der Waals surface area contributed by atoms with Gasteiger partial charge in [0.05, 0.1) is 6.10 Å². The largest absolute Gasteiger partial charge is 0.393 e. The van der Waals surface area contributed by atoms with Gasteiger partial charge in [-0.05, 0) is 43.6 Å². The topological polar surface area (TPSA) is 46.2 Å². The van der Waals surface area contributed by atoms with Crippen molar-refractivity contribution in [3.8, 4) is 0 Å². The third-order valence-corrected chi connectivity index (χ3v) is 4.50. The van der Waals surface area contributed by atoms with Crippen LogP contribution in [0.2, 0.25) is 0 Å². The second-order valence-electron chi connectivity index (χ2n) is 5.57. The van der Waals surface area contributed by atoms with Gasteiger partial charge < -0.3 is 10.8 Å². The Bertz CT molecular complexity index is 179. The first-order valence-corrected chi connectivity index (χ1v) is 7.06. The molecule has 0 saturated heterocycles. The normalized spacial score (nSPS) is 30.9. The first-order valence-electron chi connectivity index (χ1n) is 7.06. The van der Waals surface area contributed by atoms with Gasteiger partial charge in [0, 0.05) is 0 Å². The SMILES string of the molecule is CCCC(CCC)C1(CN)CCC(O)CC1. The zero-order chi connectivity index (χ0) is 12.0. The van der Waals surface area contributed by atoms with Crippen molar-refractivity contribution in [2.45, 2.75) is 71.3 Å². The van der Waals surface area contributed by atoms with E-state index in [4.69, 9.17) is 5.73 Å². The summed E-state index contributed by atoms with van der Waals surface area (Å²) in [5, 5.41) is 9.64. The Morgan fingerprint density at radius 2 is 1.69 bits per heavy atom. The molecule has 2 heteroatoms. The standard InChI is InChI=1S/C14H29NO/c1-3-5-12(6-4-2)14(11-15)9-7-13(16)8-10-14/h12-13,16H,3-11,15H2,1-2H3. The van der Waals surface area contributed by atoms with E-state index in [-0.39, 0.29) is 6.10 Å². The Morgan fingerprint density at radius 1 is 1.19 bits per heavy atom. The molecule has 96 valence electrons. The molecule has 3 N–H and O–H groups in total. The second kappa shape index (κ2) is 6.61. The summed E-state index contributed by atoms with van der Waals surface area (Å²) >= 11 is 0. The highest BCUT2D eigenvalue weighted by Gasteiger charge is 2.39. The van der Waals surface area contributed by atoms with Crippen LogP contribution in [-0.4, -0.2) is 17.8 Å². The van der Waals surface area contributed by atoms with E-state index in [9.17, 15) is 5.11 Å². The highest BCUT2D eigenvalue weighted by atomic mass is 16.3. The summed E-state index contributed by atoms with van der Waals surface area (Å²) in [5.41, 5.74) is 6.40. The molecule has 0 amide bonds. The van der Waals surface area contributed by atoms with E-state index in [2.05, 4.69) is 13.8 Å². The predicted octanol–water partition coefficient (Wildman–Crippen LogP) is 3.08. The van der Waals surface area contributed by atoms with Gasteiger partial charge in [-0.3, -0.25) is 0 Å². The third-order valence-electron chi connectivity index (χ3n) is 4.50. The van der Waals surface area contributed by atoms with E-state index in [1.54, 1.807) is 0 Å². The minimum atomic E-state index is -0.0661. The number of hydrogen-bond donors (Lipinski definition) is 2. The lowest BCUT2D eigenvalue weighted by molar-refractivity contribution is 0.0234. The molecule has 0 spiro atoms. The van der Waals surface area contributed by atoms with Crippen LogP contribution in [0.5, 0.6) is 0 Å². The van der Waals surface area contributed by atoms with Crippen LogP contribution >= 0.6 is 0 Å². The first-order chi connectivity index (χ1) is 7.68. The smallest absolute Gasteiger partial charge is 0.0540 e. The predicted molar refractivity (Wildman–Crippen MR) is 69.3 cm³/mol. The van der Waals surface area contributed by atoms with E-state index in [1.165, 1.54) is 25.7 Å². The fraction of sp³-hybridized carbons (Fsp3) is 1.00. The summed E-state index contributed by atoms with van der Waals surface area (Å²) in [6.45, 7) is 5.35. The van der Waals surface area contributed by atoms with Gasteiger partial charge in [-0.1, -0.05) is 39.5 Å². The molecule has 0 unspecified atom stereocenters. The van der Waals surface area contributed by atoms with Gasteiger partial charge in [0.25, 0.3) is 0 Å². The number of nitrogens with two attached hydrogens (primary N) is 1. The summed E-state index contributed by atoms with van der Waals surface area (Å²) in [5.74, 6) is 0.778. The molecular formula is C14H29NO. The van der Waals surface area contributed by atoms with Crippen molar-refractivity contribution in [2.24, 2.45) is 17.1 Å². The molecule has 0 aromatic heterocycles. The summed E-state index contributed by atoms with van der Waals surface area (Å²) in [4.78, 5) is 0. The van der Waals surface area contributed by atoms with Gasteiger partial charge in [-0.2, -0.15) is 0 Å². The fourth-order valence-corrected chi connectivity index (χ4v) is 3.41. The molecule has 1 fully saturated rings. The molecular weight excluding hydrogens is 198 g/mol. The molecule has 0 atom stereocenters. The summed E-state index contributed by atoms with van der Waals surface area (Å²) in [6.07, 6.45) is 9.25. The zero-order valence-corrected chi connectivity index (χ0v) is 11.0. The average molecular weight is 227 g/mol. The second-order valence-corrected chi connectivity index (χ2v) is 5.57. The first kappa shape index (κ1) is 14.0. The van der Waals surface area contributed by atoms with Crippen molar-refractivity contribution in [1.29, 1.82) is 0 Å². The van der Waals surface area contributed by atoms with Crippen LogP contribution in [0.25, 0.3) is 0 Å². The lowest BCUT2D eigenvalue weighted by atomic mass is 9.63. The highest BCUT2D eigenvalue weighted by molar-refractivity contribution is 4.91. The van der Waals surface area contributed by atoms with Crippen LogP contribution in [0, 0.1) is 11.3 Å². The molecule has 0 aliphatic heterocycles. The number of hydrogen-bond acceptors (Lipinski definition) is 2. The third kappa shape index (κ3) is 3.21. The van der Waals surface area contributed by atoms with E-state index in [0.717, 1.165) is 38.1 Å². The molecule has 0 bridgehead atoms. The average Bonchev–Trinajstić information content (AvgIpc) is 2.31. The molecule has 16 heavy (non-hydrogen) atoms.